The van der Waals surface area contributed by atoms with Crippen LogP contribution in [0, 0.1) is 5.82 Å². The van der Waals surface area contributed by atoms with Gasteiger partial charge in [-0.1, -0.05) is 0 Å². The number of nitrogens with zero attached hydrogens (tertiary/aromatic N) is 2. The van der Waals surface area contributed by atoms with Crippen LogP contribution in [-0.2, 0) is 9.59 Å². The molecule has 6 N–H and O–H groups in total. The first-order valence-corrected chi connectivity index (χ1v) is 11.8. The van der Waals surface area contributed by atoms with Gasteiger partial charge < -0.3 is 31.1 Å². The number of ether oxygens (including phenoxy) is 1. The third-order valence-corrected chi connectivity index (χ3v) is 5.70. The number of hydrogen-bond donors (Lipinski definition) is 6. The molecular weight excluding hydrogens is 542 g/mol. The van der Waals surface area contributed by atoms with E-state index in [1.807, 2.05) is 0 Å². The van der Waals surface area contributed by atoms with Crippen molar-refractivity contribution in [1.29, 1.82) is 0 Å². The fourth-order valence-electron chi connectivity index (χ4n) is 3.90. The number of benzene rings is 2. The van der Waals surface area contributed by atoms with E-state index in [9.17, 15) is 37.1 Å². The van der Waals surface area contributed by atoms with E-state index in [0.717, 1.165) is 18.2 Å². The molecule has 3 aromatic rings. The summed E-state index contributed by atoms with van der Waals surface area (Å²) in [5.74, 6) is -4.05. The van der Waals surface area contributed by atoms with E-state index in [0.29, 0.717) is 22.5 Å². The van der Waals surface area contributed by atoms with Crippen molar-refractivity contribution in [3.05, 3.63) is 53.5 Å². The lowest BCUT2D eigenvalue weighted by Gasteiger charge is -2.20. The second kappa shape index (κ2) is 12.3. The molecule has 2 heterocycles. The van der Waals surface area contributed by atoms with Gasteiger partial charge in [-0.3, -0.25) is 19.5 Å². The zero-order valence-corrected chi connectivity index (χ0v) is 20.5. The quantitative estimate of drug-likeness (QED) is 0.203. The predicted octanol–water partition coefficient (Wildman–Crippen LogP) is 2.07. The van der Waals surface area contributed by atoms with Gasteiger partial charge in [-0.25, -0.2) is 13.8 Å². The van der Waals surface area contributed by atoms with Crippen molar-refractivity contribution in [2.75, 3.05) is 25.0 Å². The number of amides is 2. The van der Waals surface area contributed by atoms with Crippen LogP contribution in [0.1, 0.15) is 28.4 Å². The van der Waals surface area contributed by atoms with Gasteiger partial charge in [0.05, 0.1) is 49.5 Å². The number of rotatable bonds is 10. The van der Waals surface area contributed by atoms with Crippen LogP contribution in [0.5, 0.6) is 5.75 Å². The zero-order valence-electron chi connectivity index (χ0n) is 20.5. The predicted molar refractivity (Wildman–Crippen MR) is 133 cm³/mol. The summed E-state index contributed by atoms with van der Waals surface area (Å²) in [5.41, 5.74) is 0.616. The molecule has 0 saturated heterocycles. The van der Waals surface area contributed by atoms with Crippen molar-refractivity contribution in [3.63, 3.8) is 0 Å². The number of aliphatic imine (C=N–C) groups is 1. The number of hydrogen-bond acceptors (Lipinski definition) is 8. The summed E-state index contributed by atoms with van der Waals surface area (Å²) in [4.78, 5) is 40.8. The minimum Gasteiger partial charge on any atom is -0.481 e. The summed E-state index contributed by atoms with van der Waals surface area (Å²) in [6.45, 7) is -3.80. The van der Waals surface area contributed by atoms with Crippen LogP contribution < -0.4 is 26.0 Å². The largest absolute Gasteiger partial charge is 0.481 e. The fraction of sp³-hybridized carbons (Fsp3) is 0.292. The Morgan fingerprint density at radius 2 is 2.00 bits per heavy atom. The van der Waals surface area contributed by atoms with Crippen molar-refractivity contribution >= 4 is 40.3 Å². The number of nitrogens with one attached hydrogen (secondary N) is 5. The van der Waals surface area contributed by atoms with E-state index < -0.39 is 61.1 Å². The number of aromatic amines is 1. The normalized spacial score (nSPS) is 15.6. The average Bonchev–Trinajstić information content (AvgIpc) is 3.38. The number of guanidine groups is 1. The topological polar surface area (TPSA) is 170 Å². The Morgan fingerprint density at radius 3 is 2.70 bits per heavy atom. The minimum absolute atomic E-state index is 0.0323. The highest BCUT2D eigenvalue weighted by atomic mass is 19.3. The first-order chi connectivity index (χ1) is 19.1. The molecule has 2 amide bonds. The maximum absolute atomic E-state index is 14.4. The van der Waals surface area contributed by atoms with Gasteiger partial charge in [0.25, 0.3) is 5.91 Å². The number of aliphatic carboxylic acids is 1. The monoisotopic (exact) mass is 565 g/mol. The molecule has 0 bridgehead atoms. The molecule has 2 atom stereocenters. The average molecular weight is 565 g/mol. The molecule has 0 saturated carbocycles. The number of aromatic nitrogens is 2. The molecule has 0 spiro atoms. The lowest BCUT2D eigenvalue weighted by Crippen LogP contribution is -2.41. The minimum atomic E-state index is -3.20. The van der Waals surface area contributed by atoms with Crippen molar-refractivity contribution in [3.8, 4) is 5.75 Å². The number of carboxylic acid groups (broad SMARTS) is 1. The molecule has 0 aliphatic carbocycles. The number of fused-ring (bicyclic) bond motifs is 1. The maximum Gasteiger partial charge on any atom is 0.387 e. The molecule has 2 aromatic carbocycles. The second-order valence-corrected chi connectivity index (χ2v) is 8.61. The molecule has 4 rings (SSSR count). The smallest absolute Gasteiger partial charge is 0.387 e. The summed E-state index contributed by atoms with van der Waals surface area (Å²) in [6, 6.07) is 4.09. The first-order valence-electron chi connectivity index (χ1n) is 11.8. The third-order valence-electron chi connectivity index (χ3n) is 5.70. The Balaban J connectivity index is 1.45. The molecule has 1 aliphatic heterocycles. The van der Waals surface area contributed by atoms with Crippen LogP contribution in [0.3, 0.4) is 0 Å². The molecule has 1 aliphatic rings. The summed E-state index contributed by atoms with van der Waals surface area (Å²) < 4.78 is 57.1. The summed E-state index contributed by atoms with van der Waals surface area (Å²) in [6.07, 6.45) is -0.386. The standard InChI is InChI=1S/C24H23F4N7O5/c25-12-7-30-24(31-8-12)34-17-3-11(4-19-15(17)9-32-35-19)22(39)29-10-20(36)33-18(6-21(37)38)14-5-13(40-23(27)28)1-2-16(14)26/h1-5,9,12,18,23H,6-8,10H2,(H,29,39)(H,32,35)(H,33,36)(H,37,38)(H2,30,31,34). The third kappa shape index (κ3) is 7.15. The van der Waals surface area contributed by atoms with E-state index in [1.165, 1.54) is 18.3 Å². The van der Waals surface area contributed by atoms with Gasteiger partial charge in [0.15, 0.2) is 5.96 Å². The van der Waals surface area contributed by atoms with Gasteiger partial charge in [-0.05, 0) is 30.3 Å². The lowest BCUT2D eigenvalue weighted by atomic mass is 10.0. The van der Waals surface area contributed by atoms with E-state index in [1.54, 1.807) is 0 Å². The van der Waals surface area contributed by atoms with Crippen molar-refractivity contribution in [2.45, 2.75) is 25.2 Å². The van der Waals surface area contributed by atoms with Crippen molar-refractivity contribution in [2.24, 2.45) is 4.99 Å². The zero-order chi connectivity index (χ0) is 28.8. The molecule has 0 radical (unpaired) electrons. The number of H-pyrrole nitrogens is 1. The second-order valence-electron chi connectivity index (χ2n) is 8.61. The summed E-state index contributed by atoms with van der Waals surface area (Å²) in [7, 11) is 0. The Kier molecular flexibility index (Phi) is 8.66. The first kappa shape index (κ1) is 28.1. The molecule has 212 valence electrons. The van der Waals surface area contributed by atoms with E-state index in [4.69, 9.17) is 0 Å². The molecule has 0 fully saturated rings. The van der Waals surface area contributed by atoms with Crippen LogP contribution >= 0.6 is 0 Å². The van der Waals surface area contributed by atoms with E-state index in [-0.39, 0.29) is 24.2 Å². The Hall–Kier alpha value is -4.89. The van der Waals surface area contributed by atoms with Gasteiger partial charge in [0, 0.05) is 16.5 Å². The van der Waals surface area contributed by atoms with Crippen molar-refractivity contribution < 1.29 is 41.8 Å². The number of carbonyl (C=O) groups excluding carboxylic acids is 2. The molecule has 1 aromatic heterocycles. The van der Waals surface area contributed by atoms with Gasteiger partial charge >= 0.3 is 12.6 Å². The number of carbonyl (C=O) groups is 3. The number of alkyl halides is 3. The van der Waals surface area contributed by atoms with Gasteiger partial charge in [0.1, 0.15) is 17.7 Å². The van der Waals surface area contributed by atoms with Crippen LogP contribution in [0.25, 0.3) is 10.9 Å². The molecule has 2 unspecified atom stereocenters. The number of halogens is 4. The van der Waals surface area contributed by atoms with E-state index in [2.05, 4.69) is 41.2 Å². The Labute approximate surface area is 223 Å². The summed E-state index contributed by atoms with van der Waals surface area (Å²) in [5, 5.41) is 26.9. The fourth-order valence-corrected chi connectivity index (χ4v) is 3.90. The van der Waals surface area contributed by atoms with Crippen LogP contribution in [0.2, 0.25) is 0 Å². The highest BCUT2D eigenvalue weighted by Gasteiger charge is 2.23. The van der Waals surface area contributed by atoms with Gasteiger partial charge in [-0.15, -0.1) is 0 Å². The Morgan fingerprint density at radius 1 is 1.20 bits per heavy atom. The van der Waals surface area contributed by atoms with Crippen LogP contribution in [-0.4, -0.2) is 71.5 Å². The highest BCUT2D eigenvalue weighted by Crippen LogP contribution is 2.27. The van der Waals surface area contributed by atoms with Crippen LogP contribution in [0.15, 0.2) is 41.5 Å². The molecular formula is C24H23F4N7O5. The lowest BCUT2D eigenvalue weighted by molar-refractivity contribution is -0.137. The van der Waals surface area contributed by atoms with Crippen LogP contribution in [0.4, 0.5) is 23.2 Å². The number of anilines is 1. The van der Waals surface area contributed by atoms with Gasteiger partial charge in [-0.2, -0.15) is 13.9 Å². The van der Waals surface area contributed by atoms with Gasteiger partial charge in [0.2, 0.25) is 5.91 Å². The summed E-state index contributed by atoms with van der Waals surface area (Å²) >= 11 is 0. The SMILES string of the molecule is O=C(O)CC(NC(=O)CNC(=O)c1cc(NC2=NCC(F)CN2)c2cn[nH]c2c1)c1cc(OC(F)F)ccc1F. The highest BCUT2D eigenvalue weighted by molar-refractivity contribution is 6.07. The number of carboxylic acids is 1. The Bertz CT molecular complexity index is 1450. The molecule has 12 nitrogen and oxygen atoms in total. The molecule has 16 heteroatoms. The van der Waals surface area contributed by atoms with E-state index >= 15 is 0 Å². The molecule has 40 heavy (non-hydrogen) atoms. The maximum atomic E-state index is 14.4. The van der Waals surface area contributed by atoms with Crippen molar-refractivity contribution in [1.82, 2.24) is 26.1 Å².